The summed E-state index contributed by atoms with van der Waals surface area (Å²) in [5.41, 5.74) is 5.04. The molecule has 14 N–H and O–H groups in total. The van der Waals surface area contributed by atoms with E-state index in [0.717, 1.165) is 44.9 Å². The Labute approximate surface area is 506 Å². The zero-order chi connectivity index (χ0) is 63.8. The van der Waals surface area contributed by atoms with Crippen LogP contribution in [0.2, 0.25) is 0 Å². The fourth-order valence-electron chi connectivity index (χ4n) is 8.30. The highest BCUT2D eigenvalue weighted by Crippen LogP contribution is 2.14. The van der Waals surface area contributed by atoms with Gasteiger partial charge in [-0.05, 0) is 57.8 Å². The van der Waals surface area contributed by atoms with Crippen LogP contribution in [0.4, 0.5) is 0 Å². The van der Waals surface area contributed by atoms with Crippen molar-refractivity contribution in [2.75, 3.05) is 92.1 Å². The predicted molar refractivity (Wildman–Crippen MR) is 317 cm³/mol. The molecule has 0 heterocycles. The van der Waals surface area contributed by atoms with E-state index in [1.54, 1.807) is 7.98 Å². The van der Waals surface area contributed by atoms with Gasteiger partial charge in [0.15, 0.2) is 7.98 Å². The van der Waals surface area contributed by atoms with Gasteiger partial charge < -0.3 is 87.8 Å². The minimum atomic E-state index is -1.30. The third-order valence-corrected chi connectivity index (χ3v) is 13.1. The number of hydrogen-bond acceptors (Lipinski definition) is 17. The van der Waals surface area contributed by atoms with Gasteiger partial charge >= 0.3 is 17.9 Å². The van der Waals surface area contributed by atoms with Crippen LogP contribution < -0.4 is 53.5 Å². The molecule has 0 bridgehead atoms. The minimum Gasteiger partial charge on any atom is -0.481 e. The Morgan fingerprint density at radius 1 is 0.349 bits per heavy atom. The fraction of sp³-hybridized carbons (Fsp3) is 0.786. The Bertz CT molecular complexity index is 1980. The van der Waals surface area contributed by atoms with E-state index in [-0.39, 0.29) is 148 Å². The van der Waals surface area contributed by atoms with Crippen LogP contribution in [0.15, 0.2) is 0 Å². The molecule has 0 spiro atoms. The van der Waals surface area contributed by atoms with Crippen molar-refractivity contribution in [3.63, 3.8) is 0 Å². The number of carboxylic acids is 3. The number of carbonyl (C=O) groups is 12. The zero-order valence-corrected chi connectivity index (χ0v) is 50.7. The summed E-state index contributed by atoms with van der Waals surface area (Å²) in [4.78, 5) is 142. The lowest BCUT2D eigenvalue weighted by Crippen LogP contribution is -2.45. The smallest absolute Gasteiger partial charge is 0.326 e. The molecule has 0 rings (SSSR count). The van der Waals surface area contributed by atoms with E-state index in [0.29, 0.717) is 45.2 Å². The quantitative estimate of drug-likeness (QED) is 0.0270. The lowest BCUT2D eigenvalue weighted by Gasteiger charge is -2.16. The maximum Gasteiger partial charge on any atom is 0.326 e. The second-order valence-electron chi connectivity index (χ2n) is 20.6. The van der Waals surface area contributed by atoms with Crippen LogP contribution in [-0.4, -0.2) is 205 Å². The van der Waals surface area contributed by atoms with E-state index in [1.165, 1.54) is 44.9 Å². The highest BCUT2D eigenvalue weighted by molar-refractivity contribution is 6.07. The summed E-state index contributed by atoms with van der Waals surface area (Å²) in [5.74, 6) is -7.10. The molecule has 0 unspecified atom stereocenters. The normalized spacial score (nSPS) is 12.0. The third kappa shape index (κ3) is 51.9. The number of ether oxygens (including phenoxy) is 4. The molecule has 86 heavy (non-hydrogen) atoms. The number of nitrogens with two attached hydrogens (primary N) is 1. The van der Waals surface area contributed by atoms with Crippen LogP contribution in [0.5, 0.6) is 0 Å². The molecule has 0 fully saturated rings. The summed E-state index contributed by atoms with van der Waals surface area (Å²) in [5, 5.41) is 51.1. The maximum absolute atomic E-state index is 12.4. The fourth-order valence-corrected chi connectivity index (χ4v) is 8.30. The van der Waals surface area contributed by atoms with Gasteiger partial charge in [0, 0.05) is 71.2 Å². The van der Waals surface area contributed by atoms with Gasteiger partial charge in [0.25, 0.3) is 0 Å². The lowest BCUT2D eigenvalue weighted by molar-refractivity contribution is -0.142. The van der Waals surface area contributed by atoms with Gasteiger partial charge in [0.1, 0.15) is 25.3 Å². The molecule has 0 saturated heterocycles. The van der Waals surface area contributed by atoms with Gasteiger partial charge in [-0.15, -0.1) is 0 Å². The number of aliphatic carboxylic acids is 3. The Kier molecular flexibility index (Phi) is 50.9. The molecule has 0 radical (unpaired) electrons. The molecule has 9 amide bonds. The molecule has 0 aliphatic rings. The van der Waals surface area contributed by atoms with Gasteiger partial charge in [-0.3, -0.25) is 47.9 Å². The largest absolute Gasteiger partial charge is 0.481 e. The monoisotopic (exact) mass is 1230 g/mol. The summed E-state index contributed by atoms with van der Waals surface area (Å²) in [6, 6.07) is -3.08. The van der Waals surface area contributed by atoms with Crippen LogP contribution in [0.1, 0.15) is 173 Å². The van der Waals surface area contributed by atoms with Gasteiger partial charge in [-0.2, -0.15) is 0 Å². The van der Waals surface area contributed by atoms with Crippen molar-refractivity contribution in [1.29, 1.82) is 0 Å². The van der Waals surface area contributed by atoms with Gasteiger partial charge in [-0.1, -0.05) is 77.0 Å². The Balaban J connectivity index is 3.83. The van der Waals surface area contributed by atoms with Crippen LogP contribution in [0.25, 0.3) is 0 Å². The van der Waals surface area contributed by atoms with Crippen molar-refractivity contribution in [2.45, 2.75) is 191 Å². The molecule has 0 aliphatic heterocycles. The van der Waals surface area contributed by atoms with Crippen LogP contribution in [-0.2, 0) is 76.5 Å². The standard InChI is InChI=1S/C56H101BN10O19/c57-67-42(54(78)64-39-45(58)68)19-15-16-28-59-47(70)26-24-43(55(79)80)65-50(73)22-18-30-61-51(74)40-85-37-36-84-34-32-63-52(75)41-86-38-35-83-33-31-62-48(71)27-25-44(56(81)82)66-49(72)21-17-29-60-46(69)20-13-11-9-7-5-3-1-2-4-6-8-10-12-14-23-53(76)77/h42-44,67H,1-41,57H2,(H2,58,68)(H,59,70)(H,60,69)(H,61,74)(H,62,71)(H,63,75)(H,64,78)(H,65,73)(H,66,72)(H,76,77)(H,79,80)(H,81,82)/t42-,43-,44-/m0/s1. The number of rotatable bonds is 60. The number of hydrogen-bond donors (Lipinski definition) is 13. The first-order chi connectivity index (χ1) is 41.3. The second-order valence-corrected chi connectivity index (χ2v) is 20.6. The molecule has 30 heteroatoms. The van der Waals surface area contributed by atoms with Crippen LogP contribution in [0.3, 0.4) is 0 Å². The minimum absolute atomic E-state index is 0.0184. The summed E-state index contributed by atoms with van der Waals surface area (Å²) in [7, 11) is 1.60. The van der Waals surface area contributed by atoms with Crippen molar-refractivity contribution >= 4 is 79.1 Å². The molecule has 0 aromatic rings. The number of amides is 9. The number of nitrogens with one attached hydrogen (secondary N) is 9. The molecular weight excluding hydrogens is 1130 g/mol. The highest BCUT2D eigenvalue weighted by atomic mass is 16.5. The van der Waals surface area contributed by atoms with Crippen LogP contribution >= 0.6 is 0 Å². The number of unbranched alkanes of at least 4 members (excludes halogenated alkanes) is 14. The van der Waals surface area contributed by atoms with Crippen LogP contribution in [0, 0.1) is 0 Å². The molecular formula is C56H101BN10O19. The van der Waals surface area contributed by atoms with E-state index in [2.05, 4.69) is 47.8 Å². The zero-order valence-electron chi connectivity index (χ0n) is 50.7. The Hall–Kier alpha value is -6.50. The van der Waals surface area contributed by atoms with E-state index in [1.807, 2.05) is 0 Å². The summed E-state index contributed by atoms with van der Waals surface area (Å²) >= 11 is 0. The first-order valence-electron chi connectivity index (χ1n) is 30.5. The van der Waals surface area contributed by atoms with Gasteiger partial charge in [0.05, 0.1) is 52.2 Å². The second kappa shape index (κ2) is 55.1. The van der Waals surface area contributed by atoms with Crippen molar-refractivity contribution in [3.8, 4) is 0 Å². The topological polar surface area (TPSA) is 437 Å². The van der Waals surface area contributed by atoms with E-state index in [4.69, 9.17) is 29.8 Å². The van der Waals surface area contributed by atoms with E-state index < -0.39 is 71.5 Å². The van der Waals surface area contributed by atoms with Crippen molar-refractivity contribution in [2.24, 2.45) is 5.73 Å². The summed E-state index contributed by atoms with van der Waals surface area (Å²) in [6.07, 6.45) is 17.6. The Morgan fingerprint density at radius 3 is 1.13 bits per heavy atom. The first kappa shape index (κ1) is 79.5. The molecule has 29 nitrogen and oxygen atoms in total. The lowest BCUT2D eigenvalue weighted by atomic mass is 10.0. The number of primary amides is 1. The van der Waals surface area contributed by atoms with Gasteiger partial charge in [0.2, 0.25) is 53.2 Å². The van der Waals surface area contributed by atoms with E-state index in [9.17, 15) is 67.7 Å². The van der Waals surface area contributed by atoms with Crippen molar-refractivity contribution in [3.05, 3.63) is 0 Å². The predicted octanol–water partition coefficient (Wildman–Crippen LogP) is -0.502. The maximum atomic E-state index is 12.4. The average molecular weight is 1230 g/mol. The molecule has 492 valence electrons. The highest BCUT2D eigenvalue weighted by Gasteiger charge is 2.23. The Morgan fingerprint density at radius 2 is 0.709 bits per heavy atom. The molecule has 0 aromatic carbocycles. The SMILES string of the molecule is BN[C@@H](CCCCNC(=O)CC[C@H](NC(=O)CCCNC(=O)COCCOCCNC(=O)COCCOCCNC(=O)CC[C@H](NC(=O)CCCNC(=O)CCCCCCCCCCCCCCCCC(=O)O)C(=O)O)C(=O)O)C(=O)NCC(N)=O. The third-order valence-electron chi connectivity index (χ3n) is 13.1. The molecule has 0 aliphatic carbocycles. The molecule has 0 aromatic heterocycles. The molecule has 3 atom stereocenters. The average Bonchev–Trinajstić information content (AvgIpc) is 3.57. The van der Waals surface area contributed by atoms with E-state index >= 15 is 0 Å². The molecule has 0 saturated carbocycles. The first-order valence-corrected chi connectivity index (χ1v) is 30.5. The number of carbonyl (C=O) groups excluding carboxylic acids is 9. The van der Waals surface area contributed by atoms with Crippen molar-refractivity contribution in [1.82, 2.24) is 47.8 Å². The van der Waals surface area contributed by atoms with Gasteiger partial charge in [-0.25, -0.2) is 9.59 Å². The summed E-state index contributed by atoms with van der Waals surface area (Å²) < 4.78 is 21.3. The van der Waals surface area contributed by atoms with Crippen molar-refractivity contribution < 1.29 is 91.8 Å². The number of carboxylic acid groups (broad SMARTS) is 3. The summed E-state index contributed by atoms with van der Waals surface area (Å²) in [6.45, 7) is 1.05.